The standard InChI is InChI=1S/C23H18N4O2/c28-23(29)8-1-14-9-21-12-19-5-4-17(25-19)10-15-2-3-16(24-15)11-18-6-7-20(26-18)13-22(14)27-21/h2-7,9-13,25-26H,1,8H2,(H,28,29). The van der Waals surface area contributed by atoms with Crippen molar-refractivity contribution in [1.29, 1.82) is 0 Å². The highest BCUT2D eigenvalue weighted by molar-refractivity contribution is 5.86. The zero-order chi connectivity index (χ0) is 19.8. The van der Waals surface area contributed by atoms with E-state index in [1.54, 1.807) is 0 Å². The lowest BCUT2D eigenvalue weighted by molar-refractivity contribution is -0.136. The molecule has 142 valence electrons. The summed E-state index contributed by atoms with van der Waals surface area (Å²) in [6, 6.07) is 15.9. The van der Waals surface area contributed by atoms with E-state index in [-0.39, 0.29) is 6.42 Å². The zero-order valence-electron chi connectivity index (χ0n) is 15.5. The normalized spacial score (nSPS) is 12.8. The maximum Gasteiger partial charge on any atom is 0.303 e. The van der Waals surface area contributed by atoms with Gasteiger partial charge < -0.3 is 15.1 Å². The molecule has 5 rings (SSSR count). The molecule has 0 radical (unpaired) electrons. The number of nitrogens with zero attached hydrogens (tertiary/aromatic N) is 2. The van der Waals surface area contributed by atoms with Crippen molar-refractivity contribution in [2.24, 2.45) is 0 Å². The van der Waals surface area contributed by atoms with Gasteiger partial charge in [-0.25, -0.2) is 9.97 Å². The van der Waals surface area contributed by atoms with Crippen LogP contribution in [0, 0.1) is 0 Å². The summed E-state index contributed by atoms with van der Waals surface area (Å²) in [5.74, 6) is -0.816. The fourth-order valence-corrected chi connectivity index (χ4v) is 3.51. The van der Waals surface area contributed by atoms with E-state index in [1.807, 2.05) is 66.8 Å². The molecule has 0 saturated heterocycles. The lowest BCUT2D eigenvalue weighted by Gasteiger charge is -1.98. The average Bonchev–Trinajstić information content (AvgIpc) is 3.45. The van der Waals surface area contributed by atoms with Crippen molar-refractivity contribution in [3.63, 3.8) is 0 Å². The molecule has 8 bridgehead atoms. The van der Waals surface area contributed by atoms with Crippen LogP contribution in [0.4, 0.5) is 0 Å². The second-order valence-electron chi connectivity index (χ2n) is 7.10. The third-order valence-electron chi connectivity index (χ3n) is 4.86. The van der Waals surface area contributed by atoms with Crippen molar-refractivity contribution in [2.75, 3.05) is 0 Å². The van der Waals surface area contributed by atoms with Gasteiger partial charge in [0.15, 0.2) is 0 Å². The number of H-pyrrole nitrogens is 2. The summed E-state index contributed by atoms with van der Waals surface area (Å²) in [6.07, 6.45) is 6.44. The van der Waals surface area contributed by atoms with Crippen LogP contribution in [0.3, 0.4) is 0 Å². The summed E-state index contributed by atoms with van der Waals surface area (Å²) in [5, 5.41) is 9.07. The second-order valence-corrected chi connectivity index (χ2v) is 7.10. The minimum absolute atomic E-state index is 0.0715. The molecule has 0 spiro atoms. The van der Waals surface area contributed by atoms with Gasteiger partial charge in [0.1, 0.15) is 0 Å². The largest absolute Gasteiger partial charge is 0.481 e. The minimum Gasteiger partial charge on any atom is -0.481 e. The average molecular weight is 382 g/mol. The highest BCUT2D eigenvalue weighted by Crippen LogP contribution is 2.26. The van der Waals surface area contributed by atoms with Gasteiger partial charge in [-0.15, -0.1) is 0 Å². The molecule has 2 aliphatic heterocycles. The minimum atomic E-state index is -0.816. The van der Waals surface area contributed by atoms with Gasteiger partial charge in [-0.2, -0.15) is 0 Å². The van der Waals surface area contributed by atoms with Crippen LogP contribution < -0.4 is 0 Å². The number of rotatable bonds is 3. The summed E-state index contributed by atoms with van der Waals surface area (Å²) in [6.45, 7) is 0. The summed E-state index contributed by atoms with van der Waals surface area (Å²) in [5.41, 5.74) is 8.01. The predicted octanol–water partition coefficient (Wildman–Crippen LogP) is 4.89. The number of allylic oxidation sites excluding steroid dienone is 1. The van der Waals surface area contributed by atoms with Crippen molar-refractivity contribution in [1.82, 2.24) is 19.9 Å². The first-order valence-electron chi connectivity index (χ1n) is 9.40. The van der Waals surface area contributed by atoms with E-state index in [0.29, 0.717) is 6.42 Å². The Bertz CT molecular complexity index is 1340. The van der Waals surface area contributed by atoms with Gasteiger partial charge in [0, 0.05) is 28.5 Å². The lowest BCUT2D eigenvalue weighted by atomic mass is 10.1. The summed E-state index contributed by atoms with van der Waals surface area (Å²) in [7, 11) is 0. The molecule has 0 aromatic carbocycles. The first-order valence-corrected chi connectivity index (χ1v) is 9.40. The van der Waals surface area contributed by atoms with Gasteiger partial charge in [-0.3, -0.25) is 4.79 Å². The van der Waals surface area contributed by atoms with E-state index in [1.165, 1.54) is 0 Å². The van der Waals surface area contributed by atoms with Crippen LogP contribution in [0.15, 0.2) is 48.5 Å². The fraction of sp³-hybridized carbons (Fsp3) is 0.0870. The predicted molar refractivity (Wildman–Crippen MR) is 115 cm³/mol. The number of carboxylic acid groups (broad SMARTS) is 1. The number of aromatic amines is 2. The number of hydrogen-bond acceptors (Lipinski definition) is 3. The Labute approximate surface area is 166 Å². The molecule has 3 aromatic heterocycles. The Hall–Kier alpha value is -3.93. The Balaban J connectivity index is 1.74. The maximum absolute atomic E-state index is 11.0. The quantitative estimate of drug-likeness (QED) is 0.470. The van der Waals surface area contributed by atoms with Crippen LogP contribution >= 0.6 is 0 Å². The number of nitrogens with one attached hydrogen (secondary N) is 2. The van der Waals surface area contributed by atoms with Crippen LogP contribution in [-0.2, 0) is 4.79 Å². The zero-order valence-corrected chi connectivity index (χ0v) is 15.5. The molecular weight excluding hydrogens is 364 g/mol. The van der Waals surface area contributed by atoms with Crippen molar-refractivity contribution in [3.8, 4) is 0 Å². The molecular formula is C23H18N4O2. The molecule has 2 aliphatic rings. The van der Waals surface area contributed by atoms with Gasteiger partial charge in [-0.05, 0) is 78.8 Å². The van der Waals surface area contributed by atoms with Gasteiger partial charge >= 0.3 is 5.97 Å². The Morgan fingerprint density at radius 1 is 0.793 bits per heavy atom. The van der Waals surface area contributed by atoms with E-state index in [4.69, 9.17) is 10.1 Å². The molecule has 5 heterocycles. The van der Waals surface area contributed by atoms with Gasteiger partial charge in [0.2, 0.25) is 0 Å². The Morgan fingerprint density at radius 2 is 1.34 bits per heavy atom. The van der Waals surface area contributed by atoms with E-state index in [9.17, 15) is 4.79 Å². The molecule has 0 fully saturated rings. The SMILES string of the molecule is O=C(O)CCC1=Cc2cc3ccc(cc4nc(cc5ccc(cc1n2)[nH]5)C=C4)[nH]3. The number of carboxylic acids is 1. The summed E-state index contributed by atoms with van der Waals surface area (Å²) >= 11 is 0. The van der Waals surface area contributed by atoms with E-state index in [0.717, 1.165) is 50.4 Å². The third-order valence-corrected chi connectivity index (χ3v) is 4.86. The van der Waals surface area contributed by atoms with Crippen LogP contribution in [0.2, 0.25) is 0 Å². The van der Waals surface area contributed by atoms with Crippen LogP contribution in [0.1, 0.15) is 35.6 Å². The molecule has 29 heavy (non-hydrogen) atoms. The third kappa shape index (κ3) is 3.73. The van der Waals surface area contributed by atoms with E-state index in [2.05, 4.69) is 15.0 Å². The van der Waals surface area contributed by atoms with Gasteiger partial charge in [0.05, 0.1) is 22.8 Å². The molecule has 6 nitrogen and oxygen atoms in total. The molecule has 6 heteroatoms. The smallest absolute Gasteiger partial charge is 0.303 e. The van der Waals surface area contributed by atoms with E-state index >= 15 is 0 Å². The molecule has 0 aliphatic carbocycles. The number of fused-ring (bicyclic) bond motifs is 8. The molecule has 3 N–H and O–H groups in total. The molecule has 0 amide bonds. The molecule has 0 unspecified atom stereocenters. The number of hydrogen-bond donors (Lipinski definition) is 3. The van der Waals surface area contributed by atoms with E-state index < -0.39 is 5.97 Å². The van der Waals surface area contributed by atoms with Crippen molar-refractivity contribution in [3.05, 3.63) is 71.3 Å². The van der Waals surface area contributed by atoms with Crippen LogP contribution in [-0.4, -0.2) is 31.0 Å². The number of aliphatic carboxylic acids is 1. The van der Waals surface area contributed by atoms with Gasteiger partial charge in [-0.1, -0.05) is 0 Å². The Kier molecular flexibility index (Phi) is 4.09. The summed E-state index contributed by atoms with van der Waals surface area (Å²) in [4.78, 5) is 27.1. The highest BCUT2D eigenvalue weighted by Gasteiger charge is 2.12. The van der Waals surface area contributed by atoms with Crippen LogP contribution in [0.5, 0.6) is 0 Å². The van der Waals surface area contributed by atoms with Crippen molar-refractivity contribution < 1.29 is 9.90 Å². The Morgan fingerprint density at radius 3 is 1.93 bits per heavy atom. The van der Waals surface area contributed by atoms with Gasteiger partial charge in [0.25, 0.3) is 0 Å². The number of carbonyl (C=O) groups is 1. The topological polar surface area (TPSA) is 94.7 Å². The number of aromatic nitrogens is 4. The van der Waals surface area contributed by atoms with Crippen molar-refractivity contribution in [2.45, 2.75) is 12.8 Å². The molecule has 0 atom stereocenters. The maximum atomic E-state index is 11.0. The second kappa shape index (κ2) is 6.91. The van der Waals surface area contributed by atoms with Crippen molar-refractivity contribution >= 4 is 51.8 Å². The highest BCUT2D eigenvalue weighted by atomic mass is 16.4. The first-order chi connectivity index (χ1) is 14.1. The molecule has 0 saturated carbocycles. The summed E-state index contributed by atoms with van der Waals surface area (Å²) < 4.78 is 0. The first kappa shape index (κ1) is 17.2. The fourth-order valence-electron chi connectivity index (χ4n) is 3.51. The lowest BCUT2D eigenvalue weighted by Crippen LogP contribution is -1.94. The monoisotopic (exact) mass is 382 g/mol. The molecule has 3 aromatic rings. The van der Waals surface area contributed by atoms with Crippen LogP contribution in [0.25, 0.3) is 45.9 Å².